The fraction of sp³-hybridized carbons (Fsp3) is 0.429. The largest absolute Gasteiger partial charge is 0.368 e. The van der Waals surface area contributed by atoms with Gasteiger partial charge in [0.15, 0.2) is 0 Å². The Morgan fingerprint density at radius 1 is 1.39 bits per heavy atom. The van der Waals surface area contributed by atoms with E-state index >= 15 is 0 Å². The van der Waals surface area contributed by atoms with Gasteiger partial charge in [0, 0.05) is 19.0 Å². The van der Waals surface area contributed by atoms with Crippen LogP contribution in [0.5, 0.6) is 0 Å². The molecular formula is C14H18N4. The van der Waals surface area contributed by atoms with Gasteiger partial charge in [0.2, 0.25) is 0 Å². The quantitative estimate of drug-likeness (QED) is 0.875. The molecule has 94 valence electrons. The molecule has 18 heavy (non-hydrogen) atoms. The molecule has 3 rings (SSSR count). The van der Waals surface area contributed by atoms with E-state index in [2.05, 4.69) is 46.8 Å². The second kappa shape index (κ2) is 4.80. The molecule has 0 saturated carbocycles. The van der Waals surface area contributed by atoms with Crippen LogP contribution in [0.4, 0.5) is 5.82 Å². The van der Waals surface area contributed by atoms with E-state index in [0.29, 0.717) is 5.92 Å². The third-order valence-corrected chi connectivity index (χ3v) is 3.54. The molecule has 1 unspecified atom stereocenters. The number of aryl methyl sites for hydroxylation is 1. The number of rotatable bonds is 5. The van der Waals surface area contributed by atoms with Gasteiger partial charge in [0.1, 0.15) is 5.82 Å². The SMILES string of the molecule is CCCn1nncc1NCC1Cc2ccccc21. The molecule has 4 heteroatoms. The molecule has 0 saturated heterocycles. The van der Waals surface area contributed by atoms with Crippen molar-refractivity contribution in [2.24, 2.45) is 0 Å². The van der Waals surface area contributed by atoms with Crippen LogP contribution in [0.2, 0.25) is 0 Å². The number of aromatic nitrogens is 3. The lowest BCUT2D eigenvalue weighted by molar-refractivity contribution is 0.576. The molecule has 0 amide bonds. The maximum absolute atomic E-state index is 4.08. The van der Waals surface area contributed by atoms with Gasteiger partial charge in [-0.3, -0.25) is 0 Å². The van der Waals surface area contributed by atoms with Crippen molar-refractivity contribution in [1.82, 2.24) is 15.0 Å². The van der Waals surface area contributed by atoms with Gasteiger partial charge in [-0.2, -0.15) is 0 Å². The minimum Gasteiger partial charge on any atom is -0.368 e. The first-order chi connectivity index (χ1) is 8.88. The van der Waals surface area contributed by atoms with E-state index in [1.54, 1.807) is 6.20 Å². The fourth-order valence-electron chi connectivity index (χ4n) is 2.54. The van der Waals surface area contributed by atoms with E-state index in [1.807, 2.05) is 4.68 Å². The fourth-order valence-corrected chi connectivity index (χ4v) is 2.54. The Labute approximate surface area is 107 Å². The van der Waals surface area contributed by atoms with E-state index in [1.165, 1.54) is 17.5 Å². The standard InChI is InChI=1S/C14H18N4/c1-2-7-18-14(10-16-17-18)15-9-12-8-11-5-3-4-6-13(11)12/h3-6,10,12,15H,2,7-9H2,1H3. The highest BCUT2D eigenvalue weighted by molar-refractivity contribution is 5.42. The summed E-state index contributed by atoms with van der Waals surface area (Å²) in [7, 11) is 0. The molecule has 4 nitrogen and oxygen atoms in total. The highest BCUT2D eigenvalue weighted by Gasteiger charge is 2.25. The van der Waals surface area contributed by atoms with Crippen LogP contribution in [0.25, 0.3) is 0 Å². The number of hydrogen-bond donors (Lipinski definition) is 1. The number of anilines is 1. The molecule has 1 aliphatic rings. The minimum atomic E-state index is 0.631. The molecule has 0 radical (unpaired) electrons. The Morgan fingerprint density at radius 2 is 2.28 bits per heavy atom. The van der Waals surface area contributed by atoms with Crippen molar-refractivity contribution in [2.45, 2.75) is 32.2 Å². The summed E-state index contributed by atoms with van der Waals surface area (Å²) in [5, 5.41) is 11.5. The summed E-state index contributed by atoms with van der Waals surface area (Å²) in [6.07, 6.45) is 4.06. The van der Waals surface area contributed by atoms with Crippen molar-refractivity contribution >= 4 is 5.82 Å². The Hall–Kier alpha value is -1.84. The lowest BCUT2D eigenvalue weighted by Gasteiger charge is -2.30. The van der Waals surface area contributed by atoms with E-state index in [0.717, 1.165) is 25.3 Å². The lowest BCUT2D eigenvalue weighted by Crippen LogP contribution is -2.25. The first-order valence-corrected chi connectivity index (χ1v) is 6.58. The van der Waals surface area contributed by atoms with Crippen molar-refractivity contribution < 1.29 is 0 Å². The number of hydrogen-bond acceptors (Lipinski definition) is 3. The van der Waals surface area contributed by atoms with Crippen LogP contribution in [-0.2, 0) is 13.0 Å². The summed E-state index contributed by atoms with van der Waals surface area (Å²) in [5.41, 5.74) is 2.98. The molecule has 1 atom stereocenters. The second-order valence-corrected chi connectivity index (χ2v) is 4.82. The first-order valence-electron chi connectivity index (χ1n) is 6.58. The molecule has 1 aliphatic carbocycles. The molecule has 0 aliphatic heterocycles. The zero-order valence-corrected chi connectivity index (χ0v) is 10.6. The van der Waals surface area contributed by atoms with Crippen LogP contribution in [-0.4, -0.2) is 21.5 Å². The smallest absolute Gasteiger partial charge is 0.144 e. The van der Waals surface area contributed by atoms with Gasteiger partial charge in [-0.15, -0.1) is 5.10 Å². The first kappa shape index (κ1) is 11.3. The maximum Gasteiger partial charge on any atom is 0.144 e. The van der Waals surface area contributed by atoms with Crippen molar-refractivity contribution in [3.8, 4) is 0 Å². The number of fused-ring (bicyclic) bond motifs is 1. The molecular weight excluding hydrogens is 224 g/mol. The number of benzene rings is 1. The summed E-state index contributed by atoms with van der Waals surface area (Å²) in [5.74, 6) is 1.66. The van der Waals surface area contributed by atoms with Crippen molar-refractivity contribution in [1.29, 1.82) is 0 Å². The number of nitrogens with zero attached hydrogens (tertiary/aromatic N) is 3. The van der Waals surface area contributed by atoms with E-state index < -0.39 is 0 Å². The Balaban J connectivity index is 1.61. The second-order valence-electron chi connectivity index (χ2n) is 4.82. The highest BCUT2D eigenvalue weighted by atomic mass is 15.4. The van der Waals surface area contributed by atoms with E-state index in [4.69, 9.17) is 0 Å². The summed E-state index contributed by atoms with van der Waals surface area (Å²) >= 11 is 0. The topological polar surface area (TPSA) is 42.7 Å². The third-order valence-electron chi connectivity index (χ3n) is 3.54. The van der Waals surface area contributed by atoms with Crippen LogP contribution in [0, 0.1) is 0 Å². The molecule has 1 N–H and O–H groups in total. The predicted octanol–water partition coefficient (Wildman–Crippen LogP) is 2.44. The minimum absolute atomic E-state index is 0.631. The van der Waals surface area contributed by atoms with E-state index in [-0.39, 0.29) is 0 Å². The molecule has 1 heterocycles. The molecule has 2 aromatic rings. The average Bonchev–Trinajstić information content (AvgIpc) is 2.79. The molecule has 1 aromatic carbocycles. The van der Waals surface area contributed by atoms with Crippen molar-refractivity contribution in [2.75, 3.05) is 11.9 Å². The van der Waals surface area contributed by atoms with Crippen molar-refractivity contribution in [3.63, 3.8) is 0 Å². The van der Waals surface area contributed by atoms with Crippen LogP contribution >= 0.6 is 0 Å². The lowest BCUT2D eigenvalue weighted by atomic mass is 9.78. The number of nitrogens with one attached hydrogen (secondary N) is 1. The average molecular weight is 242 g/mol. The summed E-state index contributed by atoms with van der Waals surface area (Å²) in [4.78, 5) is 0. The Morgan fingerprint density at radius 3 is 3.11 bits per heavy atom. The van der Waals surface area contributed by atoms with Gasteiger partial charge in [-0.05, 0) is 24.0 Å². The van der Waals surface area contributed by atoms with Gasteiger partial charge >= 0.3 is 0 Å². The zero-order chi connectivity index (χ0) is 12.4. The predicted molar refractivity (Wildman–Crippen MR) is 71.7 cm³/mol. The van der Waals surface area contributed by atoms with Gasteiger partial charge in [-0.1, -0.05) is 36.4 Å². The van der Waals surface area contributed by atoms with Crippen LogP contribution in [0.3, 0.4) is 0 Å². The molecule has 0 spiro atoms. The van der Waals surface area contributed by atoms with Crippen LogP contribution < -0.4 is 5.32 Å². The van der Waals surface area contributed by atoms with Crippen LogP contribution in [0.15, 0.2) is 30.5 Å². The molecule has 1 aromatic heterocycles. The normalized spacial score (nSPS) is 17.1. The summed E-state index contributed by atoms with van der Waals surface area (Å²) in [6, 6.07) is 8.68. The van der Waals surface area contributed by atoms with Crippen LogP contribution in [0.1, 0.15) is 30.4 Å². The Bertz CT molecular complexity index is 532. The zero-order valence-electron chi connectivity index (χ0n) is 10.6. The monoisotopic (exact) mass is 242 g/mol. The highest BCUT2D eigenvalue weighted by Crippen LogP contribution is 2.34. The molecule has 0 bridgehead atoms. The third kappa shape index (κ3) is 1.98. The summed E-state index contributed by atoms with van der Waals surface area (Å²) < 4.78 is 1.94. The molecule has 0 fully saturated rings. The maximum atomic E-state index is 4.08. The summed E-state index contributed by atoms with van der Waals surface area (Å²) in [6.45, 7) is 4.03. The van der Waals surface area contributed by atoms with Gasteiger partial charge in [0.05, 0.1) is 6.20 Å². The van der Waals surface area contributed by atoms with E-state index in [9.17, 15) is 0 Å². The van der Waals surface area contributed by atoms with Gasteiger partial charge in [-0.25, -0.2) is 4.68 Å². The van der Waals surface area contributed by atoms with Gasteiger partial charge in [0.25, 0.3) is 0 Å². The van der Waals surface area contributed by atoms with Gasteiger partial charge < -0.3 is 5.32 Å². The van der Waals surface area contributed by atoms with Crippen molar-refractivity contribution in [3.05, 3.63) is 41.6 Å². The Kier molecular flexibility index (Phi) is 3.00.